The molecular formula is C19H21ClN4O3. The maximum absolute atomic E-state index is 12.1. The zero-order chi connectivity index (χ0) is 18.7. The molecule has 2 aliphatic rings. The van der Waals surface area contributed by atoms with Crippen LogP contribution in [0, 0.1) is 0 Å². The van der Waals surface area contributed by atoms with Gasteiger partial charge in [0.05, 0.1) is 19.6 Å². The van der Waals surface area contributed by atoms with Gasteiger partial charge in [-0.2, -0.15) is 0 Å². The molecule has 0 atom stereocenters. The Labute approximate surface area is 162 Å². The third-order valence-electron chi connectivity index (χ3n) is 4.86. The van der Waals surface area contributed by atoms with Crippen LogP contribution < -0.4 is 10.2 Å². The second-order valence-electron chi connectivity index (χ2n) is 6.72. The molecule has 2 aliphatic heterocycles. The van der Waals surface area contributed by atoms with Gasteiger partial charge in [0.2, 0.25) is 5.91 Å². The SMILES string of the molecule is O=C(Cc1ccc(Cl)cc1)Nc1ccc(N2CCC3(CC2)OCCO3)nn1. The van der Waals surface area contributed by atoms with Crippen molar-refractivity contribution in [2.45, 2.75) is 25.0 Å². The number of nitrogens with zero attached hydrogens (tertiary/aromatic N) is 3. The predicted octanol–water partition coefficient (Wildman–Crippen LogP) is 2.65. The van der Waals surface area contributed by atoms with E-state index in [1.807, 2.05) is 18.2 Å². The Bertz CT molecular complexity index is 782. The van der Waals surface area contributed by atoms with Gasteiger partial charge in [-0.1, -0.05) is 23.7 Å². The number of hydrogen-bond donors (Lipinski definition) is 1. The zero-order valence-corrected chi connectivity index (χ0v) is 15.6. The second kappa shape index (κ2) is 7.80. The van der Waals surface area contributed by atoms with Crippen LogP contribution >= 0.6 is 11.6 Å². The van der Waals surface area contributed by atoms with E-state index in [1.165, 1.54) is 0 Å². The Morgan fingerprint density at radius 2 is 1.78 bits per heavy atom. The number of anilines is 2. The van der Waals surface area contributed by atoms with Gasteiger partial charge in [-0.15, -0.1) is 10.2 Å². The van der Waals surface area contributed by atoms with Gasteiger partial charge in [0, 0.05) is 31.0 Å². The Hall–Kier alpha value is -2.22. The lowest BCUT2D eigenvalue weighted by molar-refractivity contribution is -0.169. The van der Waals surface area contributed by atoms with Crippen LogP contribution in [0.2, 0.25) is 5.02 Å². The Balaban J connectivity index is 1.31. The number of carbonyl (C=O) groups excluding carboxylic acids is 1. The summed E-state index contributed by atoms with van der Waals surface area (Å²) in [5.74, 6) is 0.682. The van der Waals surface area contributed by atoms with Crippen molar-refractivity contribution in [1.82, 2.24) is 10.2 Å². The van der Waals surface area contributed by atoms with E-state index in [9.17, 15) is 4.79 Å². The van der Waals surface area contributed by atoms with Crippen LogP contribution in [-0.4, -0.2) is 48.2 Å². The second-order valence-corrected chi connectivity index (χ2v) is 7.16. The maximum Gasteiger partial charge on any atom is 0.229 e. The molecule has 142 valence electrons. The minimum atomic E-state index is -0.403. The number of ether oxygens (including phenoxy) is 2. The van der Waals surface area contributed by atoms with Crippen LogP contribution in [-0.2, 0) is 20.7 Å². The summed E-state index contributed by atoms with van der Waals surface area (Å²) in [5, 5.41) is 11.8. The van der Waals surface area contributed by atoms with E-state index in [1.54, 1.807) is 18.2 Å². The zero-order valence-electron chi connectivity index (χ0n) is 14.9. The van der Waals surface area contributed by atoms with Crippen molar-refractivity contribution in [3.8, 4) is 0 Å². The van der Waals surface area contributed by atoms with Crippen LogP contribution in [0.4, 0.5) is 11.6 Å². The molecule has 0 unspecified atom stereocenters. The summed E-state index contributed by atoms with van der Waals surface area (Å²) in [7, 11) is 0. The molecule has 0 aliphatic carbocycles. The van der Waals surface area contributed by atoms with Crippen molar-refractivity contribution in [2.24, 2.45) is 0 Å². The number of benzene rings is 1. The Morgan fingerprint density at radius 1 is 1.07 bits per heavy atom. The fraction of sp³-hybridized carbons (Fsp3) is 0.421. The summed E-state index contributed by atoms with van der Waals surface area (Å²) in [6.45, 7) is 2.95. The van der Waals surface area contributed by atoms with Crippen LogP contribution in [0.5, 0.6) is 0 Å². The highest BCUT2D eigenvalue weighted by Crippen LogP contribution is 2.32. The molecular weight excluding hydrogens is 368 g/mol. The number of piperidine rings is 1. The average molecular weight is 389 g/mol. The minimum Gasteiger partial charge on any atom is -0.355 e. The van der Waals surface area contributed by atoms with Gasteiger partial charge in [0.15, 0.2) is 17.4 Å². The predicted molar refractivity (Wildman–Crippen MR) is 102 cm³/mol. The lowest BCUT2D eigenvalue weighted by atomic mass is 10.0. The topological polar surface area (TPSA) is 76.6 Å². The lowest BCUT2D eigenvalue weighted by Gasteiger charge is -2.37. The van der Waals surface area contributed by atoms with Gasteiger partial charge in [0.25, 0.3) is 0 Å². The number of halogens is 1. The molecule has 8 heteroatoms. The summed E-state index contributed by atoms with van der Waals surface area (Å²) >= 11 is 5.86. The molecule has 2 saturated heterocycles. The number of nitrogens with one attached hydrogen (secondary N) is 1. The quantitative estimate of drug-likeness (QED) is 0.867. The highest BCUT2D eigenvalue weighted by atomic mass is 35.5. The van der Waals surface area contributed by atoms with Gasteiger partial charge in [-0.3, -0.25) is 4.79 Å². The molecule has 1 aromatic heterocycles. The van der Waals surface area contributed by atoms with Crippen LogP contribution in [0.1, 0.15) is 18.4 Å². The maximum atomic E-state index is 12.1. The summed E-state index contributed by atoms with van der Waals surface area (Å²) < 4.78 is 11.5. The fourth-order valence-corrected chi connectivity index (χ4v) is 3.52. The number of hydrogen-bond acceptors (Lipinski definition) is 6. The van der Waals surface area contributed by atoms with Crippen molar-refractivity contribution in [3.63, 3.8) is 0 Å². The first-order valence-electron chi connectivity index (χ1n) is 9.03. The average Bonchev–Trinajstić information content (AvgIpc) is 3.13. The highest BCUT2D eigenvalue weighted by Gasteiger charge is 2.40. The Morgan fingerprint density at radius 3 is 2.41 bits per heavy atom. The Kier molecular flexibility index (Phi) is 5.24. The van der Waals surface area contributed by atoms with E-state index in [4.69, 9.17) is 21.1 Å². The van der Waals surface area contributed by atoms with Gasteiger partial charge in [-0.25, -0.2) is 0 Å². The molecule has 4 rings (SSSR count). The summed E-state index contributed by atoms with van der Waals surface area (Å²) in [5.41, 5.74) is 0.889. The van der Waals surface area contributed by atoms with E-state index < -0.39 is 5.79 Å². The largest absolute Gasteiger partial charge is 0.355 e. The first kappa shape index (κ1) is 18.2. The molecule has 7 nitrogen and oxygen atoms in total. The molecule has 0 radical (unpaired) electrons. The first-order valence-corrected chi connectivity index (χ1v) is 9.41. The fourth-order valence-electron chi connectivity index (χ4n) is 3.40. The molecule has 1 spiro atoms. The number of carbonyl (C=O) groups is 1. The molecule has 1 amide bonds. The van der Waals surface area contributed by atoms with Crippen LogP contribution in [0.15, 0.2) is 36.4 Å². The molecule has 0 saturated carbocycles. The molecule has 27 heavy (non-hydrogen) atoms. The normalized spacial score (nSPS) is 18.6. The molecule has 2 fully saturated rings. The summed E-state index contributed by atoms with van der Waals surface area (Å²) in [6, 6.07) is 10.8. The minimum absolute atomic E-state index is 0.144. The van der Waals surface area contributed by atoms with Gasteiger partial charge < -0.3 is 19.7 Å². The monoisotopic (exact) mass is 388 g/mol. The van der Waals surface area contributed by atoms with Crippen LogP contribution in [0.3, 0.4) is 0 Å². The van der Waals surface area contributed by atoms with E-state index in [2.05, 4.69) is 20.4 Å². The summed E-state index contributed by atoms with van der Waals surface area (Å²) in [6.07, 6.45) is 1.89. The highest BCUT2D eigenvalue weighted by molar-refractivity contribution is 6.30. The van der Waals surface area contributed by atoms with Crippen molar-refractivity contribution < 1.29 is 14.3 Å². The third-order valence-corrected chi connectivity index (χ3v) is 5.11. The molecule has 3 heterocycles. The van der Waals surface area contributed by atoms with Crippen molar-refractivity contribution in [3.05, 3.63) is 47.0 Å². The molecule has 0 bridgehead atoms. The lowest BCUT2D eigenvalue weighted by Crippen LogP contribution is -2.45. The van der Waals surface area contributed by atoms with Crippen molar-refractivity contribution in [1.29, 1.82) is 0 Å². The molecule has 1 aromatic carbocycles. The standard InChI is InChI=1S/C19H21ClN4O3/c20-15-3-1-14(2-4-15)13-18(25)21-16-5-6-17(23-22-16)24-9-7-19(8-10-24)26-11-12-27-19/h1-6H,7-13H2,(H,21,22,25). The third kappa shape index (κ3) is 4.37. The smallest absolute Gasteiger partial charge is 0.229 e. The van der Waals surface area contributed by atoms with E-state index in [0.29, 0.717) is 24.1 Å². The number of amides is 1. The van der Waals surface area contributed by atoms with Crippen molar-refractivity contribution >= 4 is 29.1 Å². The molecule has 1 N–H and O–H groups in total. The van der Waals surface area contributed by atoms with E-state index in [0.717, 1.165) is 37.3 Å². The molecule has 2 aromatic rings. The van der Waals surface area contributed by atoms with Gasteiger partial charge in [-0.05, 0) is 29.8 Å². The van der Waals surface area contributed by atoms with Gasteiger partial charge >= 0.3 is 0 Å². The first-order chi connectivity index (χ1) is 13.1. The van der Waals surface area contributed by atoms with E-state index >= 15 is 0 Å². The van der Waals surface area contributed by atoms with Crippen LogP contribution in [0.25, 0.3) is 0 Å². The van der Waals surface area contributed by atoms with E-state index in [-0.39, 0.29) is 12.3 Å². The van der Waals surface area contributed by atoms with Crippen molar-refractivity contribution in [2.75, 3.05) is 36.5 Å². The van der Waals surface area contributed by atoms with Gasteiger partial charge in [0.1, 0.15) is 0 Å². The number of aromatic nitrogens is 2. The number of rotatable bonds is 4. The summed E-state index contributed by atoms with van der Waals surface area (Å²) in [4.78, 5) is 14.3.